The Morgan fingerprint density at radius 3 is 2.70 bits per heavy atom. The van der Waals surface area contributed by atoms with Gasteiger partial charge in [0.2, 0.25) is 0 Å². The fourth-order valence-corrected chi connectivity index (χ4v) is 4.14. The second-order valence-electron chi connectivity index (χ2n) is 6.82. The molecule has 20 heavy (non-hydrogen) atoms. The third kappa shape index (κ3) is 1.67. The Kier molecular flexibility index (Phi) is 2.82. The molecule has 106 valence electrons. The molecule has 2 nitrogen and oxygen atoms in total. The molecule has 0 aromatic heterocycles. The van der Waals surface area contributed by atoms with E-state index in [1.54, 1.807) is 13.2 Å². The average Bonchev–Trinajstić information content (AvgIpc) is 2.43. The zero-order valence-corrected chi connectivity index (χ0v) is 12.7. The maximum atomic E-state index is 12.2. The van der Waals surface area contributed by atoms with Crippen LogP contribution in [0.4, 0.5) is 0 Å². The maximum Gasteiger partial charge on any atom is 0.161 e. The van der Waals surface area contributed by atoms with Crippen LogP contribution in [-0.4, -0.2) is 12.9 Å². The van der Waals surface area contributed by atoms with Crippen LogP contribution < -0.4 is 4.74 Å². The number of fused-ring (bicyclic) bond motifs is 3. The molecule has 0 saturated heterocycles. The van der Waals surface area contributed by atoms with Crippen LogP contribution in [0.25, 0.3) is 0 Å². The highest BCUT2D eigenvalue weighted by Crippen LogP contribution is 2.53. The van der Waals surface area contributed by atoms with Crippen molar-refractivity contribution in [3.05, 3.63) is 41.5 Å². The second-order valence-corrected chi connectivity index (χ2v) is 6.82. The summed E-state index contributed by atoms with van der Waals surface area (Å²) in [6.45, 7) is 6.44. The molecule has 0 amide bonds. The van der Waals surface area contributed by atoms with E-state index in [-0.39, 0.29) is 16.6 Å². The third-order valence-electron chi connectivity index (χ3n) is 5.41. The standard InChI is InChI=1S/C18H22O2/c1-17(2)15-8-6-12-5-7-13(20-4)11-14(12)18(15,3)10-9-16(17)19/h5,7,9-11,15H,6,8H2,1-4H3/t15-,18?/m0/s1. The molecule has 1 unspecified atom stereocenters. The lowest BCUT2D eigenvalue weighted by atomic mass is 9.52. The highest BCUT2D eigenvalue weighted by atomic mass is 16.5. The highest BCUT2D eigenvalue weighted by molar-refractivity contribution is 5.96. The van der Waals surface area contributed by atoms with Crippen LogP contribution in [0, 0.1) is 11.3 Å². The molecule has 2 atom stereocenters. The normalized spacial score (nSPS) is 30.6. The van der Waals surface area contributed by atoms with Gasteiger partial charge in [0.15, 0.2) is 5.78 Å². The van der Waals surface area contributed by atoms with E-state index >= 15 is 0 Å². The summed E-state index contributed by atoms with van der Waals surface area (Å²) in [7, 11) is 1.70. The monoisotopic (exact) mass is 270 g/mol. The van der Waals surface area contributed by atoms with E-state index in [1.807, 2.05) is 6.07 Å². The number of hydrogen-bond acceptors (Lipinski definition) is 2. The molecule has 0 aliphatic heterocycles. The van der Waals surface area contributed by atoms with E-state index in [1.165, 1.54) is 11.1 Å². The zero-order chi connectivity index (χ0) is 14.5. The Morgan fingerprint density at radius 2 is 2.00 bits per heavy atom. The molecule has 3 rings (SSSR count). The van der Waals surface area contributed by atoms with E-state index in [0.29, 0.717) is 5.92 Å². The third-order valence-corrected chi connectivity index (χ3v) is 5.41. The molecule has 0 spiro atoms. The lowest BCUT2D eigenvalue weighted by Crippen LogP contribution is -2.49. The van der Waals surface area contributed by atoms with Gasteiger partial charge in [0.1, 0.15) is 5.75 Å². The van der Waals surface area contributed by atoms with Gasteiger partial charge < -0.3 is 4.74 Å². The number of carbonyl (C=O) groups is 1. The summed E-state index contributed by atoms with van der Waals surface area (Å²) in [4.78, 5) is 12.2. The van der Waals surface area contributed by atoms with Gasteiger partial charge in [-0.2, -0.15) is 0 Å². The first-order chi connectivity index (χ1) is 9.39. The number of rotatable bonds is 1. The predicted molar refractivity (Wildman–Crippen MR) is 80.1 cm³/mol. The second kappa shape index (κ2) is 4.21. The van der Waals surface area contributed by atoms with Gasteiger partial charge in [-0.05, 0) is 48.1 Å². The first-order valence-electron chi connectivity index (χ1n) is 7.30. The van der Waals surface area contributed by atoms with Crippen molar-refractivity contribution in [2.75, 3.05) is 7.11 Å². The minimum atomic E-state index is -0.287. The van der Waals surface area contributed by atoms with Gasteiger partial charge >= 0.3 is 0 Å². The molecule has 0 heterocycles. The highest BCUT2D eigenvalue weighted by Gasteiger charge is 2.51. The summed E-state index contributed by atoms with van der Waals surface area (Å²) in [6.07, 6.45) is 6.01. The lowest BCUT2D eigenvalue weighted by molar-refractivity contribution is -0.127. The minimum Gasteiger partial charge on any atom is -0.497 e. The summed E-state index contributed by atoms with van der Waals surface area (Å²) in [5.74, 6) is 1.51. The van der Waals surface area contributed by atoms with Crippen molar-refractivity contribution in [1.82, 2.24) is 0 Å². The van der Waals surface area contributed by atoms with Crippen LogP contribution in [0.3, 0.4) is 0 Å². The van der Waals surface area contributed by atoms with Crippen molar-refractivity contribution in [3.8, 4) is 5.75 Å². The molecule has 0 saturated carbocycles. The van der Waals surface area contributed by atoms with Crippen LogP contribution in [0.2, 0.25) is 0 Å². The maximum absolute atomic E-state index is 12.2. The SMILES string of the molecule is COc1ccc2c(c1)C1(C)C=CC(=O)C(C)(C)[C@@H]1CC2. The van der Waals surface area contributed by atoms with E-state index in [2.05, 4.69) is 39.0 Å². The van der Waals surface area contributed by atoms with Crippen molar-refractivity contribution < 1.29 is 9.53 Å². The Balaban J connectivity index is 2.20. The Morgan fingerprint density at radius 1 is 1.25 bits per heavy atom. The van der Waals surface area contributed by atoms with Gasteiger partial charge in [0.25, 0.3) is 0 Å². The largest absolute Gasteiger partial charge is 0.497 e. The van der Waals surface area contributed by atoms with Gasteiger partial charge in [-0.3, -0.25) is 4.79 Å². The van der Waals surface area contributed by atoms with Crippen molar-refractivity contribution in [3.63, 3.8) is 0 Å². The molecule has 2 aliphatic carbocycles. The molecule has 2 aliphatic rings. The van der Waals surface area contributed by atoms with Crippen LogP contribution >= 0.6 is 0 Å². The minimum absolute atomic E-state index is 0.0699. The number of ketones is 1. The van der Waals surface area contributed by atoms with Crippen LogP contribution in [0.15, 0.2) is 30.4 Å². The van der Waals surface area contributed by atoms with E-state index < -0.39 is 0 Å². The quantitative estimate of drug-likeness (QED) is 0.778. The Labute approximate surface area is 120 Å². The predicted octanol–water partition coefficient (Wildman–Crippen LogP) is 3.68. The number of aryl methyl sites for hydroxylation is 1. The molecule has 2 heteroatoms. The topological polar surface area (TPSA) is 26.3 Å². The van der Waals surface area contributed by atoms with Crippen molar-refractivity contribution in [2.24, 2.45) is 11.3 Å². The molecule has 0 fully saturated rings. The Bertz CT molecular complexity index is 597. The summed E-state index contributed by atoms with van der Waals surface area (Å²) in [5, 5.41) is 0. The van der Waals surface area contributed by atoms with Crippen molar-refractivity contribution in [2.45, 2.75) is 39.0 Å². The number of ether oxygens (including phenoxy) is 1. The number of carbonyl (C=O) groups excluding carboxylic acids is 1. The first-order valence-corrected chi connectivity index (χ1v) is 7.30. The molecule has 1 aromatic carbocycles. The van der Waals surface area contributed by atoms with Gasteiger partial charge in [-0.25, -0.2) is 0 Å². The van der Waals surface area contributed by atoms with Crippen molar-refractivity contribution in [1.29, 1.82) is 0 Å². The van der Waals surface area contributed by atoms with Crippen molar-refractivity contribution >= 4 is 5.78 Å². The summed E-state index contributed by atoms with van der Waals surface area (Å²) in [5.41, 5.74) is 2.35. The fraction of sp³-hybridized carbons (Fsp3) is 0.500. The van der Waals surface area contributed by atoms with Gasteiger partial charge in [0.05, 0.1) is 7.11 Å². The Hall–Kier alpha value is -1.57. The summed E-state index contributed by atoms with van der Waals surface area (Å²) < 4.78 is 5.39. The van der Waals surface area contributed by atoms with Crippen LogP contribution in [-0.2, 0) is 16.6 Å². The molecule has 0 N–H and O–H groups in total. The lowest BCUT2D eigenvalue weighted by Gasteiger charge is -2.50. The number of hydrogen-bond donors (Lipinski definition) is 0. The van der Waals surface area contributed by atoms with Crippen LogP contribution in [0.1, 0.15) is 38.3 Å². The van der Waals surface area contributed by atoms with Gasteiger partial charge in [0, 0.05) is 10.8 Å². The van der Waals surface area contributed by atoms with Gasteiger partial charge in [-0.15, -0.1) is 0 Å². The van der Waals surface area contributed by atoms with Crippen LogP contribution in [0.5, 0.6) is 5.75 Å². The number of allylic oxidation sites excluding steroid dienone is 2. The smallest absolute Gasteiger partial charge is 0.161 e. The molecular weight excluding hydrogens is 248 g/mol. The van der Waals surface area contributed by atoms with E-state index in [0.717, 1.165) is 18.6 Å². The molecule has 0 radical (unpaired) electrons. The number of methoxy groups -OCH3 is 1. The summed E-state index contributed by atoms with van der Waals surface area (Å²) in [6, 6.07) is 6.36. The molecular formula is C18H22O2. The summed E-state index contributed by atoms with van der Waals surface area (Å²) >= 11 is 0. The van der Waals surface area contributed by atoms with E-state index in [9.17, 15) is 4.79 Å². The molecule has 0 bridgehead atoms. The average molecular weight is 270 g/mol. The van der Waals surface area contributed by atoms with Gasteiger partial charge in [-0.1, -0.05) is 32.9 Å². The zero-order valence-electron chi connectivity index (χ0n) is 12.7. The first kappa shape index (κ1) is 13.4. The van der Waals surface area contributed by atoms with E-state index in [4.69, 9.17) is 4.74 Å². The molecule has 1 aromatic rings. The fourth-order valence-electron chi connectivity index (χ4n) is 4.14. The number of benzene rings is 1.